The summed E-state index contributed by atoms with van der Waals surface area (Å²) in [5, 5.41) is 7.25. The lowest BCUT2D eigenvalue weighted by Gasteiger charge is -2.49. The van der Waals surface area contributed by atoms with E-state index in [4.69, 9.17) is 0 Å². The number of hydrogen-bond acceptors (Lipinski definition) is 4. The summed E-state index contributed by atoms with van der Waals surface area (Å²) in [6.45, 7) is 3.76. The minimum absolute atomic E-state index is 0.0746. The van der Waals surface area contributed by atoms with Crippen molar-refractivity contribution in [3.8, 4) is 0 Å². The number of nitrogens with zero attached hydrogens (tertiary/aromatic N) is 4. The molecule has 1 N–H and O–H groups in total. The van der Waals surface area contributed by atoms with Crippen LogP contribution in [0.3, 0.4) is 0 Å². The van der Waals surface area contributed by atoms with Crippen molar-refractivity contribution in [1.82, 2.24) is 24.9 Å². The average Bonchev–Trinajstić information content (AvgIpc) is 3.25. The number of likely N-dealkylation sites (N-methyl/N-ethyl adjacent to an activating group) is 1. The Morgan fingerprint density at radius 3 is 2.84 bits per heavy atom. The van der Waals surface area contributed by atoms with Gasteiger partial charge in [0.25, 0.3) is 0 Å². The number of nitrogens with one attached hydrogen (secondary N) is 1. The van der Waals surface area contributed by atoms with Crippen LogP contribution >= 0.6 is 0 Å². The fraction of sp³-hybridized carbons (Fsp3) is 0.722. The third-order valence-corrected chi connectivity index (χ3v) is 6.35. The lowest BCUT2D eigenvalue weighted by molar-refractivity contribution is -0.143. The van der Waals surface area contributed by atoms with E-state index in [-0.39, 0.29) is 22.8 Å². The van der Waals surface area contributed by atoms with Gasteiger partial charge in [0.2, 0.25) is 11.8 Å². The summed E-state index contributed by atoms with van der Waals surface area (Å²) in [5.74, 6) is 0.407. The van der Waals surface area contributed by atoms with Crippen LogP contribution in [0, 0.1) is 5.41 Å². The standard InChI is InChI=1S/C18H27N5O2/c1-21-11-12-22(14-18(21)4-3-15(24)19-9-7-18)16(25)17(5-6-17)13-23-10-2-8-20-23/h2,8,10H,3-7,9,11-14H2,1H3,(H,19,24). The van der Waals surface area contributed by atoms with E-state index in [0.29, 0.717) is 19.5 Å². The molecule has 1 atom stereocenters. The molecule has 1 unspecified atom stereocenters. The first kappa shape index (κ1) is 16.6. The van der Waals surface area contributed by atoms with Gasteiger partial charge in [-0.1, -0.05) is 0 Å². The Morgan fingerprint density at radius 2 is 2.12 bits per heavy atom. The van der Waals surface area contributed by atoms with Gasteiger partial charge in [-0.15, -0.1) is 0 Å². The summed E-state index contributed by atoms with van der Waals surface area (Å²) < 4.78 is 1.88. The van der Waals surface area contributed by atoms with E-state index in [1.165, 1.54) is 0 Å². The maximum atomic E-state index is 13.3. The molecule has 0 aromatic carbocycles. The van der Waals surface area contributed by atoms with Crippen molar-refractivity contribution in [3.63, 3.8) is 0 Å². The monoisotopic (exact) mass is 345 g/mol. The second kappa shape index (κ2) is 6.12. The third kappa shape index (κ3) is 3.05. The molecule has 2 amide bonds. The second-order valence-electron chi connectivity index (χ2n) is 7.96. The molecule has 1 aromatic heterocycles. The van der Waals surface area contributed by atoms with Crippen molar-refractivity contribution in [2.24, 2.45) is 5.41 Å². The molecule has 4 rings (SSSR count). The molecule has 136 valence electrons. The van der Waals surface area contributed by atoms with Crippen molar-refractivity contribution in [1.29, 1.82) is 0 Å². The molecule has 3 fully saturated rings. The Kier molecular flexibility index (Phi) is 4.06. The number of aromatic nitrogens is 2. The van der Waals surface area contributed by atoms with Gasteiger partial charge in [0.15, 0.2) is 0 Å². The fourth-order valence-electron chi connectivity index (χ4n) is 4.40. The van der Waals surface area contributed by atoms with Crippen LogP contribution in [0.4, 0.5) is 0 Å². The van der Waals surface area contributed by atoms with Gasteiger partial charge >= 0.3 is 0 Å². The topological polar surface area (TPSA) is 70.5 Å². The Labute approximate surface area is 148 Å². The fourth-order valence-corrected chi connectivity index (χ4v) is 4.40. The third-order valence-electron chi connectivity index (χ3n) is 6.35. The van der Waals surface area contributed by atoms with E-state index in [9.17, 15) is 9.59 Å². The first-order chi connectivity index (χ1) is 12.0. The lowest BCUT2D eigenvalue weighted by atomic mass is 9.85. The highest BCUT2D eigenvalue weighted by Crippen LogP contribution is 2.49. The van der Waals surface area contributed by atoms with Crippen LogP contribution in [-0.2, 0) is 16.1 Å². The minimum atomic E-state index is -0.262. The van der Waals surface area contributed by atoms with Crippen LogP contribution < -0.4 is 5.32 Å². The Morgan fingerprint density at radius 1 is 1.28 bits per heavy atom. The number of piperazine rings is 1. The highest BCUT2D eigenvalue weighted by atomic mass is 16.2. The molecule has 0 bridgehead atoms. The maximum Gasteiger partial charge on any atom is 0.230 e. The second-order valence-corrected chi connectivity index (χ2v) is 7.96. The quantitative estimate of drug-likeness (QED) is 0.865. The van der Waals surface area contributed by atoms with Gasteiger partial charge in [0.1, 0.15) is 0 Å². The van der Waals surface area contributed by atoms with Crippen LogP contribution in [0.1, 0.15) is 32.1 Å². The zero-order valence-corrected chi connectivity index (χ0v) is 14.9. The van der Waals surface area contributed by atoms with E-state index >= 15 is 0 Å². The molecule has 3 aliphatic rings. The van der Waals surface area contributed by atoms with Crippen LogP contribution in [0.25, 0.3) is 0 Å². The summed E-state index contributed by atoms with van der Waals surface area (Å²) >= 11 is 0. The summed E-state index contributed by atoms with van der Waals surface area (Å²) in [4.78, 5) is 29.5. The number of carbonyl (C=O) groups excluding carboxylic acids is 2. The number of amides is 2. The summed E-state index contributed by atoms with van der Waals surface area (Å²) in [6.07, 6.45) is 7.87. The molecule has 25 heavy (non-hydrogen) atoms. The molecule has 7 nitrogen and oxygen atoms in total. The molecular formula is C18H27N5O2. The Hall–Kier alpha value is -1.89. The van der Waals surface area contributed by atoms with Crippen LogP contribution in [0.15, 0.2) is 18.5 Å². The normalized spacial score (nSPS) is 29.3. The van der Waals surface area contributed by atoms with E-state index in [2.05, 4.69) is 27.3 Å². The van der Waals surface area contributed by atoms with E-state index < -0.39 is 0 Å². The average molecular weight is 345 g/mol. The predicted octanol–water partition coefficient (Wildman–Crippen LogP) is 0.476. The zero-order chi connectivity index (χ0) is 17.5. The summed E-state index contributed by atoms with van der Waals surface area (Å²) in [6, 6.07) is 1.90. The van der Waals surface area contributed by atoms with Gasteiger partial charge in [-0.2, -0.15) is 5.10 Å². The molecule has 1 spiro atoms. The minimum Gasteiger partial charge on any atom is -0.356 e. The lowest BCUT2D eigenvalue weighted by Crippen LogP contribution is -2.63. The maximum absolute atomic E-state index is 13.3. The highest BCUT2D eigenvalue weighted by Gasteiger charge is 2.54. The first-order valence-corrected chi connectivity index (χ1v) is 9.28. The van der Waals surface area contributed by atoms with Gasteiger partial charge < -0.3 is 10.2 Å². The predicted molar refractivity (Wildman–Crippen MR) is 92.7 cm³/mol. The molecule has 2 saturated heterocycles. The Balaban J connectivity index is 1.49. The van der Waals surface area contributed by atoms with E-state index in [0.717, 1.165) is 45.3 Å². The van der Waals surface area contributed by atoms with Crippen molar-refractivity contribution >= 4 is 11.8 Å². The van der Waals surface area contributed by atoms with Gasteiger partial charge in [0, 0.05) is 50.5 Å². The van der Waals surface area contributed by atoms with Crippen LogP contribution in [-0.4, -0.2) is 70.2 Å². The van der Waals surface area contributed by atoms with Gasteiger partial charge in [-0.05, 0) is 38.8 Å². The molecule has 0 radical (unpaired) electrons. The van der Waals surface area contributed by atoms with Crippen LogP contribution in [0.2, 0.25) is 0 Å². The first-order valence-electron chi connectivity index (χ1n) is 9.28. The van der Waals surface area contributed by atoms with E-state index in [1.54, 1.807) is 6.20 Å². The largest absolute Gasteiger partial charge is 0.356 e. The van der Waals surface area contributed by atoms with Crippen LogP contribution in [0.5, 0.6) is 0 Å². The van der Waals surface area contributed by atoms with E-state index in [1.807, 2.05) is 16.9 Å². The van der Waals surface area contributed by atoms with Crippen molar-refractivity contribution in [2.75, 3.05) is 33.2 Å². The molecular weight excluding hydrogens is 318 g/mol. The number of carbonyl (C=O) groups is 2. The molecule has 1 aliphatic carbocycles. The zero-order valence-electron chi connectivity index (χ0n) is 14.9. The van der Waals surface area contributed by atoms with Gasteiger partial charge in [-0.25, -0.2) is 0 Å². The summed E-state index contributed by atoms with van der Waals surface area (Å²) in [5.41, 5.74) is -0.337. The number of hydrogen-bond donors (Lipinski definition) is 1. The SMILES string of the molecule is CN1CCN(C(=O)C2(Cn3cccn3)CC2)CC12CCNC(=O)CC2. The van der Waals surface area contributed by atoms with Gasteiger partial charge in [0.05, 0.1) is 12.0 Å². The number of rotatable bonds is 3. The molecule has 7 heteroatoms. The van der Waals surface area contributed by atoms with Crippen molar-refractivity contribution < 1.29 is 9.59 Å². The molecule has 1 aromatic rings. The molecule has 1 saturated carbocycles. The van der Waals surface area contributed by atoms with Crippen molar-refractivity contribution in [3.05, 3.63) is 18.5 Å². The summed E-state index contributed by atoms with van der Waals surface area (Å²) in [7, 11) is 2.13. The molecule has 3 heterocycles. The highest BCUT2D eigenvalue weighted by molar-refractivity contribution is 5.85. The Bertz CT molecular complexity index is 654. The van der Waals surface area contributed by atoms with Gasteiger partial charge in [-0.3, -0.25) is 19.2 Å². The molecule has 2 aliphatic heterocycles. The van der Waals surface area contributed by atoms with Crippen molar-refractivity contribution in [2.45, 2.75) is 44.2 Å². The smallest absolute Gasteiger partial charge is 0.230 e.